The van der Waals surface area contributed by atoms with Gasteiger partial charge in [-0.1, -0.05) is 23.7 Å². The highest BCUT2D eigenvalue weighted by atomic mass is 79.9. The Morgan fingerprint density at radius 1 is 1.35 bits per heavy atom. The number of nitriles is 1. The zero-order valence-corrected chi connectivity index (χ0v) is 13.0. The monoisotopic (exact) mass is 371 g/mol. The highest BCUT2D eigenvalue weighted by Gasteiger charge is 2.20. The molecule has 1 aromatic carbocycles. The van der Waals surface area contributed by atoms with Gasteiger partial charge in [-0.25, -0.2) is 13.4 Å². The van der Waals surface area contributed by atoms with Gasteiger partial charge in [0.05, 0.1) is 11.3 Å². The van der Waals surface area contributed by atoms with E-state index in [1.165, 1.54) is 24.4 Å². The topological polar surface area (TPSA) is 82.9 Å². The van der Waals surface area contributed by atoms with Gasteiger partial charge in [0.15, 0.2) is 0 Å². The summed E-state index contributed by atoms with van der Waals surface area (Å²) in [5.74, 6) is 0. The van der Waals surface area contributed by atoms with Gasteiger partial charge in [-0.15, -0.1) is 0 Å². The van der Waals surface area contributed by atoms with Gasteiger partial charge in [-0.05, 0) is 34.1 Å². The Labute approximate surface area is 129 Å². The molecule has 20 heavy (non-hydrogen) atoms. The van der Waals surface area contributed by atoms with Crippen LogP contribution in [0.5, 0.6) is 0 Å². The van der Waals surface area contributed by atoms with Crippen LogP contribution < -0.4 is 4.72 Å². The van der Waals surface area contributed by atoms with Crippen LogP contribution in [0, 0.1) is 11.3 Å². The maximum Gasteiger partial charge on any atom is 0.265 e. The van der Waals surface area contributed by atoms with Crippen molar-refractivity contribution in [3.05, 3.63) is 51.7 Å². The molecule has 0 spiro atoms. The summed E-state index contributed by atoms with van der Waals surface area (Å²) < 4.78 is 27.4. The summed E-state index contributed by atoms with van der Waals surface area (Å²) in [5, 5.41) is 8.81. The standard InChI is InChI=1S/C12H7BrClN3O2S/c13-9-5-11(12(14)16-7-9)20(18,19)17-10-4-2-1-3-8(10)6-15/h1-5,7,17H. The number of pyridine rings is 1. The molecule has 0 aliphatic rings. The largest absolute Gasteiger partial charge is 0.278 e. The number of hydrogen-bond acceptors (Lipinski definition) is 4. The number of hydrogen-bond donors (Lipinski definition) is 1. The van der Waals surface area contributed by atoms with E-state index in [0.717, 1.165) is 0 Å². The van der Waals surface area contributed by atoms with E-state index in [0.29, 0.717) is 4.47 Å². The summed E-state index contributed by atoms with van der Waals surface area (Å²) in [4.78, 5) is 3.60. The molecule has 0 saturated carbocycles. The van der Waals surface area contributed by atoms with Crippen molar-refractivity contribution in [3.63, 3.8) is 0 Å². The first-order chi connectivity index (χ1) is 9.44. The zero-order chi connectivity index (χ0) is 14.8. The summed E-state index contributed by atoms with van der Waals surface area (Å²) in [6, 6.07) is 9.53. The van der Waals surface area contributed by atoms with Crippen molar-refractivity contribution < 1.29 is 8.42 Å². The lowest BCUT2D eigenvalue weighted by molar-refractivity contribution is 0.601. The molecule has 0 aliphatic heterocycles. The van der Waals surface area contributed by atoms with Crippen molar-refractivity contribution in [2.24, 2.45) is 0 Å². The molecule has 1 heterocycles. The highest BCUT2D eigenvalue weighted by Crippen LogP contribution is 2.25. The number of nitrogens with zero attached hydrogens (tertiary/aromatic N) is 2. The van der Waals surface area contributed by atoms with E-state index < -0.39 is 10.0 Å². The molecule has 5 nitrogen and oxygen atoms in total. The molecule has 2 rings (SSSR count). The average molecular weight is 373 g/mol. The van der Waals surface area contributed by atoms with Gasteiger partial charge < -0.3 is 0 Å². The van der Waals surface area contributed by atoms with E-state index in [1.807, 2.05) is 6.07 Å². The molecule has 0 atom stereocenters. The van der Waals surface area contributed by atoms with E-state index in [2.05, 4.69) is 25.6 Å². The first-order valence-electron chi connectivity index (χ1n) is 5.27. The Hall–Kier alpha value is -1.62. The van der Waals surface area contributed by atoms with E-state index in [1.54, 1.807) is 12.1 Å². The molecule has 0 saturated heterocycles. The Bertz CT molecular complexity index is 803. The fourth-order valence-corrected chi connectivity index (χ4v) is 3.49. The van der Waals surface area contributed by atoms with Crippen LogP contribution in [0.2, 0.25) is 5.15 Å². The second-order valence-electron chi connectivity index (χ2n) is 3.71. The number of anilines is 1. The minimum absolute atomic E-state index is 0.143. The predicted octanol–water partition coefficient (Wildman–Crippen LogP) is 3.17. The van der Waals surface area contributed by atoms with Crippen LogP contribution in [0.25, 0.3) is 0 Å². The number of para-hydroxylation sites is 1. The normalized spacial score (nSPS) is 10.8. The van der Waals surface area contributed by atoms with Gasteiger partial charge in [-0.2, -0.15) is 5.26 Å². The first kappa shape index (κ1) is 14.8. The molecule has 8 heteroatoms. The van der Waals surface area contributed by atoms with Crippen molar-refractivity contribution in [1.29, 1.82) is 5.26 Å². The van der Waals surface area contributed by atoms with Crippen molar-refractivity contribution in [2.75, 3.05) is 4.72 Å². The number of benzene rings is 1. The van der Waals surface area contributed by atoms with Gasteiger partial charge in [0.25, 0.3) is 10.0 Å². The van der Waals surface area contributed by atoms with Crippen LogP contribution in [0.15, 0.2) is 45.9 Å². The van der Waals surface area contributed by atoms with Crippen molar-refractivity contribution in [2.45, 2.75) is 4.90 Å². The minimum atomic E-state index is -3.92. The van der Waals surface area contributed by atoms with Crippen LogP contribution >= 0.6 is 27.5 Å². The number of aromatic nitrogens is 1. The third-order valence-corrected chi connectivity index (χ3v) is 4.58. The molecule has 0 amide bonds. The summed E-state index contributed by atoms with van der Waals surface area (Å²) >= 11 is 8.94. The van der Waals surface area contributed by atoms with E-state index >= 15 is 0 Å². The fraction of sp³-hybridized carbons (Fsp3) is 0. The molecule has 0 aliphatic carbocycles. The smallest absolute Gasteiger partial charge is 0.265 e. The van der Waals surface area contributed by atoms with Crippen molar-refractivity contribution >= 4 is 43.2 Å². The van der Waals surface area contributed by atoms with E-state index in [-0.39, 0.29) is 21.3 Å². The summed E-state index contributed by atoms with van der Waals surface area (Å²) in [6.45, 7) is 0. The van der Waals surface area contributed by atoms with Gasteiger partial charge in [0, 0.05) is 10.7 Å². The fourth-order valence-electron chi connectivity index (χ4n) is 1.46. The van der Waals surface area contributed by atoms with Crippen LogP contribution in [-0.2, 0) is 10.0 Å². The Balaban J connectivity index is 2.47. The quantitative estimate of drug-likeness (QED) is 0.839. The molecule has 0 fully saturated rings. The molecular weight excluding hydrogens is 366 g/mol. The van der Waals surface area contributed by atoms with Gasteiger partial charge in [0.1, 0.15) is 16.1 Å². The molecular formula is C12H7BrClN3O2S. The van der Waals surface area contributed by atoms with Gasteiger partial charge in [0.2, 0.25) is 0 Å². The molecule has 0 unspecified atom stereocenters. The Morgan fingerprint density at radius 2 is 2.05 bits per heavy atom. The maximum atomic E-state index is 12.3. The molecule has 2 aromatic rings. The predicted molar refractivity (Wildman–Crippen MR) is 78.9 cm³/mol. The third-order valence-electron chi connectivity index (χ3n) is 2.35. The number of halogens is 2. The molecule has 0 radical (unpaired) electrons. The maximum absolute atomic E-state index is 12.3. The SMILES string of the molecule is N#Cc1ccccc1NS(=O)(=O)c1cc(Br)cnc1Cl. The van der Waals surface area contributed by atoms with Crippen molar-refractivity contribution in [1.82, 2.24) is 4.98 Å². The lowest BCUT2D eigenvalue weighted by Gasteiger charge is -2.10. The number of rotatable bonds is 3. The zero-order valence-electron chi connectivity index (χ0n) is 9.84. The lowest BCUT2D eigenvalue weighted by atomic mass is 10.2. The van der Waals surface area contributed by atoms with E-state index in [9.17, 15) is 8.42 Å². The Kier molecular flexibility index (Phi) is 4.28. The summed E-state index contributed by atoms with van der Waals surface area (Å²) in [5.41, 5.74) is 0.404. The lowest BCUT2D eigenvalue weighted by Crippen LogP contribution is -2.14. The van der Waals surface area contributed by atoms with Crippen molar-refractivity contribution in [3.8, 4) is 6.07 Å². The van der Waals surface area contributed by atoms with Crippen LogP contribution in [0.3, 0.4) is 0 Å². The van der Waals surface area contributed by atoms with E-state index in [4.69, 9.17) is 16.9 Å². The molecule has 1 aromatic heterocycles. The van der Waals surface area contributed by atoms with Gasteiger partial charge in [-0.3, -0.25) is 4.72 Å². The average Bonchev–Trinajstić information content (AvgIpc) is 2.41. The summed E-state index contributed by atoms with van der Waals surface area (Å²) in [6.07, 6.45) is 1.39. The Morgan fingerprint density at radius 3 is 2.75 bits per heavy atom. The minimum Gasteiger partial charge on any atom is -0.278 e. The second-order valence-corrected chi connectivity index (χ2v) is 6.63. The molecule has 102 valence electrons. The number of sulfonamides is 1. The number of nitrogens with one attached hydrogen (secondary N) is 1. The summed E-state index contributed by atoms with van der Waals surface area (Å²) in [7, 11) is -3.92. The van der Waals surface area contributed by atoms with Crippen LogP contribution in [0.1, 0.15) is 5.56 Å². The second kappa shape index (κ2) is 5.79. The third kappa shape index (κ3) is 3.10. The molecule has 0 bridgehead atoms. The first-order valence-corrected chi connectivity index (χ1v) is 7.92. The van der Waals surface area contributed by atoms with Crippen LogP contribution in [0.4, 0.5) is 5.69 Å². The molecule has 1 N–H and O–H groups in total. The van der Waals surface area contributed by atoms with Crippen LogP contribution in [-0.4, -0.2) is 13.4 Å². The van der Waals surface area contributed by atoms with Gasteiger partial charge >= 0.3 is 0 Å². The highest BCUT2D eigenvalue weighted by molar-refractivity contribution is 9.10.